The van der Waals surface area contributed by atoms with E-state index in [9.17, 15) is 20.0 Å². The average molecular weight is 296 g/mol. The first kappa shape index (κ1) is 15.4. The Bertz CT molecular complexity index is 528. The smallest absolute Gasteiger partial charge is 0.381 e. The minimum atomic E-state index is -0.579. The van der Waals surface area contributed by atoms with E-state index in [1.54, 1.807) is 6.92 Å². The lowest BCUT2D eigenvalue weighted by Crippen LogP contribution is -2.34. The molecule has 1 fully saturated rings. The zero-order valence-electron chi connectivity index (χ0n) is 12.0. The molecule has 21 heavy (non-hydrogen) atoms. The molecule has 0 bridgehead atoms. The van der Waals surface area contributed by atoms with E-state index < -0.39 is 4.92 Å². The van der Waals surface area contributed by atoms with Crippen molar-refractivity contribution in [1.29, 1.82) is 0 Å². The molecule has 1 amide bonds. The fourth-order valence-electron chi connectivity index (χ4n) is 2.66. The third-order valence-electron chi connectivity index (χ3n) is 3.81. The summed E-state index contributed by atoms with van der Waals surface area (Å²) in [5, 5.41) is 23.0. The van der Waals surface area contributed by atoms with E-state index >= 15 is 0 Å². The molecular formula is C13H20N4O4. The van der Waals surface area contributed by atoms with Crippen molar-refractivity contribution in [3.63, 3.8) is 0 Å². The number of carbonyl (C=O) groups is 1. The van der Waals surface area contributed by atoms with Gasteiger partial charge in [-0.15, -0.1) is 0 Å². The first-order valence-electron chi connectivity index (χ1n) is 7.08. The quantitative estimate of drug-likeness (QED) is 0.616. The molecule has 2 unspecified atom stereocenters. The van der Waals surface area contributed by atoms with Gasteiger partial charge >= 0.3 is 5.82 Å². The lowest BCUT2D eigenvalue weighted by molar-refractivity contribution is -0.389. The molecule has 2 N–H and O–H groups in total. The molecule has 2 atom stereocenters. The highest BCUT2D eigenvalue weighted by Crippen LogP contribution is 2.23. The average Bonchev–Trinajstić information content (AvgIpc) is 2.78. The molecule has 8 nitrogen and oxygen atoms in total. The van der Waals surface area contributed by atoms with E-state index in [-0.39, 0.29) is 24.4 Å². The van der Waals surface area contributed by atoms with Gasteiger partial charge < -0.3 is 20.5 Å². The third kappa shape index (κ3) is 4.25. The summed E-state index contributed by atoms with van der Waals surface area (Å²) in [5.74, 6) is 0.280. The summed E-state index contributed by atoms with van der Waals surface area (Å²) in [6, 6.07) is 0. The van der Waals surface area contributed by atoms with Crippen LogP contribution in [0.4, 0.5) is 5.82 Å². The van der Waals surface area contributed by atoms with Gasteiger partial charge in [0.05, 0.1) is 6.10 Å². The molecule has 1 saturated carbocycles. The number of carbonyl (C=O) groups excluding carboxylic acids is 1. The minimum absolute atomic E-state index is 0.0158. The summed E-state index contributed by atoms with van der Waals surface area (Å²) in [5.41, 5.74) is 0. The van der Waals surface area contributed by atoms with Crippen LogP contribution in [0, 0.1) is 23.0 Å². The molecule has 1 aromatic rings. The Morgan fingerprint density at radius 3 is 3.00 bits per heavy atom. The van der Waals surface area contributed by atoms with Gasteiger partial charge in [0.15, 0.2) is 0 Å². The van der Waals surface area contributed by atoms with Crippen LogP contribution in [0.15, 0.2) is 6.20 Å². The van der Waals surface area contributed by atoms with Gasteiger partial charge in [-0.1, -0.05) is 6.42 Å². The monoisotopic (exact) mass is 296 g/mol. The zero-order chi connectivity index (χ0) is 15.4. The number of rotatable bonds is 5. The minimum Gasteiger partial charge on any atom is -0.393 e. The van der Waals surface area contributed by atoms with Gasteiger partial charge in [0, 0.05) is 13.5 Å². The van der Waals surface area contributed by atoms with E-state index in [1.807, 2.05) is 0 Å². The zero-order valence-corrected chi connectivity index (χ0v) is 12.0. The third-order valence-corrected chi connectivity index (χ3v) is 3.81. The largest absolute Gasteiger partial charge is 0.393 e. The van der Waals surface area contributed by atoms with Crippen LogP contribution in [0.5, 0.6) is 0 Å². The van der Waals surface area contributed by atoms with Crippen LogP contribution in [0.3, 0.4) is 0 Å². The van der Waals surface area contributed by atoms with Crippen molar-refractivity contribution >= 4 is 11.7 Å². The molecule has 0 saturated heterocycles. The molecule has 0 spiro atoms. The van der Waals surface area contributed by atoms with E-state index in [4.69, 9.17) is 0 Å². The fraction of sp³-hybridized carbons (Fsp3) is 0.692. The summed E-state index contributed by atoms with van der Waals surface area (Å²) >= 11 is 0. The number of aliphatic hydroxyl groups is 1. The SMILES string of the molecule is Cc1nc([N+](=O)[O-])cn1CC(=O)NCC1CCCC(O)C1. The molecule has 116 valence electrons. The maximum Gasteiger partial charge on any atom is 0.381 e. The predicted octanol–water partition coefficient (Wildman–Crippen LogP) is 0.767. The first-order valence-corrected chi connectivity index (χ1v) is 7.08. The number of aryl methyl sites for hydroxylation is 1. The normalized spacial score (nSPS) is 22.0. The van der Waals surface area contributed by atoms with Crippen molar-refractivity contribution in [2.24, 2.45) is 5.92 Å². The second-order valence-electron chi connectivity index (χ2n) is 5.52. The number of nitrogens with zero attached hydrogens (tertiary/aromatic N) is 3. The van der Waals surface area contributed by atoms with Crippen molar-refractivity contribution in [2.45, 2.75) is 45.3 Å². The summed E-state index contributed by atoms with van der Waals surface area (Å²) in [6.45, 7) is 2.17. The molecule has 0 radical (unpaired) electrons. The van der Waals surface area contributed by atoms with Crippen molar-refractivity contribution < 1.29 is 14.8 Å². The Morgan fingerprint density at radius 2 is 2.38 bits per heavy atom. The first-order chi connectivity index (χ1) is 9.95. The molecule has 1 aromatic heterocycles. The van der Waals surface area contributed by atoms with Gasteiger partial charge in [-0.05, 0) is 35.1 Å². The van der Waals surface area contributed by atoms with Gasteiger partial charge in [0.1, 0.15) is 12.7 Å². The highest BCUT2D eigenvalue weighted by molar-refractivity contribution is 5.75. The fourth-order valence-corrected chi connectivity index (χ4v) is 2.66. The molecule has 8 heteroatoms. The van der Waals surface area contributed by atoms with Gasteiger partial charge in [-0.25, -0.2) is 0 Å². The number of nitro groups is 1. The summed E-state index contributed by atoms with van der Waals surface area (Å²) < 4.78 is 1.46. The maximum atomic E-state index is 11.9. The molecule has 1 aliphatic carbocycles. The topological polar surface area (TPSA) is 110 Å². The lowest BCUT2D eigenvalue weighted by atomic mass is 9.87. The molecule has 1 aliphatic rings. The Labute approximate surface area is 122 Å². The van der Waals surface area contributed by atoms with Crippen LogP contribution >= 0.6 is 0 Å². The van der Waals surface area contributed by atoms with E-state index in [2.05, 4.69) is 10.3 Å². The van der Waals surface area contributed by atoms with Crippen LogP contribution < -0.4 is 5.32 Å². The Morgan fingerprint density at radius 1 is 1.62 bits per heavy atom. The molecule has 2 rings (SSSR count). The number of aliphatic hydroxyl groups excluding tert-OH is 1. The van der Waals surface area contributed by atoms with Crippen molar-refractivity contribution in [2.75, 3.05) is 6.54 Å². The Kier molecular flexibility index (Phi) is 4.89. The van der Waals surface area contributed by atoms with Crippen LogP contribution in [0.1, 0.15) is 31.5 Å². The standard InChI is InChI=1S/C13H20N4O4/c1-9-15-12(17(20)21)7-16(9)8-13(19)14-6-10-3-2-4-11(18)5-10/h7,10-11,18H,2-6,8H2,1H3,(H,14,19). The Balaban J connectivity index is 1.83. The Hall–Kier alpha value is -1.96. The number of amides is 1. The van der Waals surface area contributed by atoms with Crippen molar-refractivity contribution in [3.8, 4) is 0 Å². The van der Waals surface area contributed by atoms with Crippen LogP contribution in [-0.2, 0) is 11.3 Å². The second kappa shape index (κ2) is 6.66. The van der Waals surface area contributed by atoms with Gasteiger partial charge in [-0.2, -0.15) is 0 Å². The van der Waals surface area contributed by atoms with E-state index in [0.29, 0.717) is 18.3 Å². The van der Waals surface area contributed by atoms with Crippen LogP contribution in [-0.4, -0.2) is 38.1 Å². The predicted molar refractivity (Wildman–Crippen MR) is 74.6 cm³/mol. The van der Waals surface area contributed by atoms with Crippen LogP contribution in [0.2, 0.25) is 0 Å². The van der Waals surface area contributed by atoms with Gasteiger partial charge in [0.2, 0.25) is 11.7 Å². The number of aromatic nitrogens is 2. The molecular weight excluding hydrogens is 276 g/mol. The summed E-state index contributed by atoms with van der Waals surface area (Å²) in [4.78, 5) is 25.7. The highest BCUT2D eigenvalue weighted by Gasteiger charge is 2.21. The number of hydrogen-bond acceptors (Lipinski definition) is 5. The van der Waals surface area contributed by atoms with E-state index in [1.165, 1.54) is 10.8 Å². The summed E-state index contributed by atoms with van der Waals surface area (Å²) in [7, 11) is 0. The van der Waals surface area contributed by atoms with Crippen molar-refractivity contribution in [3.05, 3.63) is 22.1 Å². The summed E-state index contributed by atoms with van der Waals surface area (Å²) in [6.07, 6.45) is 4.54. The number of hydrogen-bond donors (Lipinski definition) is 2. The van der Waals surface area contributed by atoms with Crippen LogP contribution in [0.25, 0.3) is 0 Å². The lowest BCUT2D eigenvalue weighted by Gasteiger charge is -2.25. The van der Waals surface area contributed by atoms with Gasteiger partial charge in [0.25, 0.3) is 0 Å². The van der Waals surface area contributed by atoms with Gasteiger partial charge in [-0.3, -0.25) is 9.36 Å². The number of nitrogens with one attached hydrogen (secondary N) is 1. The van der Waals surface area contributed by atoms with E-state index in [0.717, 1.165) is 25.7 Å². The molecule has 0 aliphatic heterocycles. The highest BCUT2D eigenvalue weighted by atomic mass is 16.6. The maximum absolute atomic E-state index is 11.9. The number of imidazole rings is 1. The van der Waals surface area contributed by atoms with Crippen molar-refractivity contribution in [1.82, 2.24) is 14.9 Å². The second-order valence-corrected chi connectivity index (χ2v) is 5.52. The molecule has 0 aromatic carbocycles. The molecule has 1 heterocycles.